The highest BCUT2D eigenvalue weighted by Crippen LogP contribution is 2.43. The van der Waals surface area contributed by atoms with Crippen LogP contribution in [0.25, 0.3) is 0 Å². The van der Waals surface area contributed by atoms with Crippen LogP contribution in [-0.4, -0.2) is 27.8 Å². The maximum atomic E-state index is 12.9. The lowest BCUT2D eigenvalue weighted by molar-refractivity contribution is -0.386. The zero-order valence-electron chi connectivity index (χ0n) is 16.5. The van der Waals surface area contributed by atoms with Crippen molar-refractivity contribution in [1.29, 1.82) is 0 Å². The summed E-state index contributed by atoms with van der Waals surface area (Å²) < 4.78 is 11.8. The van der Waals surface area contributed by atoms with Gasteiger partial charge in [0.05, 0.1) is 27.9 Å². The molecule has 9 nitrogen and oxygen atoms in total. The normalized spacial score (nSPS) is 18.0. The molecule has 0 saturated heterocycles. The maximum Gasteiger partial charge on any atom is 0.276 e. The number of ketones is 1. The Balaban J connectivity index is 1.92. The number of fused-ring (bicyclic) bond motifs is 1. The summed E-state index contributed by atoms with van der Waals surface area (Å²) in [6.45, 7) is 6.54. The van der Waals surface area contributed by atoms with Gasteiger partial charge in [-0.25, -0.2) is 0 Å². The Morgan fingerprint density at radius 3 is 2.41 bits per heavy atom. The molecule has 1 atom stereocenters. The average Bonchev–Trinajstić information content (AvgIpc) is 2.64. The van der Waals surface area contributed by atoms with E-state index < -0.39 is 15.4 Å². The number of Topliss-reactive ketones (excluding diaryl/α,β-unsaturated/α-hetero) is 1. The van der Waals surface area contributed by atoms with E-state index >= 15 is 0 Å². The molecule has 1 aliphatic heterocycles. The van der Waals surface area contributed by atoms with Crippen molar-refractivity contribution in [3.05, 3.63) is 66.7 Å². The van der Waals surface area contributed by atoms with E-state index in [1.807, 2.05) is 0 Å². The number of nitro groups is 2. The van der Waals surface area contributed by atoms with Gasteiger partial charge < -0.3 is 9.47 Å². The third kappa shape index (κ3) is 3.63. The quantitative estimate of drug-likeness (QED) is 0.543. The van der Waals surface area contributed by atoms with Crippen molar-refractivity contribution in [2.45, 2.75) is 39.7 Å². The molecule has 0 radical (unpaired) electrons. The summed E-state index contributed by atoms with van der Waals surface area (Å²) in [6.07, 6.45) is -0.0323. The Morgan fingerprint density at radius 1 is 1.10 bits per heavy atom. The van der Waals surface area contributed by atoms with Gasteiger partial charge in [0, 0.05) is 22.8 Å². The Bertz CT molecular complexity index is 1050. The molecule has 152 valence electrons. The molecule has 0 fully saturated rings. The number of carbonyl (C=O) groups excluding carboxylic acids is 1. The van der Waals surface area contributed by atoms with E-state index in [4.69, 9.17) is 9.47 Å². The summed E-state index contributed by atoms with van der Waals surface area (Å²) in [5.41, 5.74) is 0.305. The number of ether oxygens (including phenoxy) is 2. The minimum absolute atomic E-state index is 0.0200. The van der Waals surface area contributed by atoms with Gasteiger partial charge in [-0.2, -0.15) is 0 Å². The third-order valence-corrected chi connectivity index (χ3v) is 5.13. The first-order valence-electron chi connectivity index (χ1n) is 8.91. The van der Waals surface area contributed by atoms with E-state index in [-0.39, 0.29) is 41.5 Å². The second-order valence-corrected chi connectivity index (χ2v) is 7.38. The number of hydrogen-bond acceptors (Lipinski definition) is 7. The van der Waals surface area contributed by atoms with Gasteiger partial charge in [0.25, 0.3) is 11.4 Å². The van der Waals surface area contributed by atoms with Crippen molar-refractivity contribution in [1.82, 2.24) is 0 Å². The maximum absolute atomic E-state index is 12.9. The van der Waals surface area contributed by atoms with Gasteiger partial charge >= 0.3 is 0 Å². The first kappa shape index (κ1) is 20.2. The Hall–Kier alpha value is -3.49. The zero-order chi connectivity index (χ0) is 21.5. The van der Waals surface area contributed by atoms with E-state index in [0.29, 0.717) is 22.4 Å². The second-order valence-electron chi connectivity index (χ2n) is 7.38. The number of nitrogens with zero attached hydrogens (tertiary/aromatic N) is 2. The SMILES string of the molecule is Cc1c(C)c([N+](=O)[O-])c(C)c2c1OC(C)(COc1cccc([N+](=O)[O-])c1)CC2=O. The minimum Gasteiger partial charge on any atom is -0.489 e. The number of nitro benzene ring substituents is 2. The van der Waals surface area contributed by atoms with Gasteiger partial charge in [0.15, 0.2) is 5.78 Å². The van der Waals surface area contributed by atoms with Gasteiger partial charge in [-0.15, -0.1) is 0 Å². The summed E-state index contributed by atoms with van der Waals surface area (Å²) in [4.78, 5) is 34.2. The van der Waals surface area contributed by atoms with Crippen LogP contribution in [-0.2, 0) is 0 Å². The summed E-state index contributed by atoms with van der Waals surface area (Å²) in [5, 5.41) is 22.3. The van der Waals surface area contributed by atoms with Crippen LogP contribution in [0.2, 0.25) is 0 Å². The zero-order valence-corrected chi connectivity index (χ0v) is 16.5. The van der Waals surface area contributed by atoms with Crippen molar-refractivity contribution in [3.63, 3.8) is 0 Å². The van der Waals surface area contributed by atoms with Gasteiger partial charge in [-0.3, -0.25) is 25.0 Å². The molecule has 2 aromatic carbocycles. The van der Waals surface area contributed by atoms with E-state index in [2.05, 4.69) is 0 Å². The number of carbonyl (C=O) groups is 1. The van der Waals surface area contributed by atoms with Crippen molar-refractivity contribution < 1.29 is 24.1 Å². The minimum atomic E-state index is -1.02. The fourth-order valence-corrected chi connectivity index (χ4v) is 3.56. The van der Waals surface area contributed by atoms with Crippen LogP contribution in [0.15, 0.2) is 24.3 Å². The van der Waals surface area contributed by atoms with Crippen molar-refractivity contribution >= 4 is 17.2 Å². The van der Waals surface area contributed by atoms with Gasteiger partial charge in [0.1, 0.15) is 23.7 Å². The van der Waals surface area contributed by atoms with E-state index in [1.165, 1.54) is 18.2 Å². The first-order chi connectivity index (χ1) is 13.5. The predicted molar refractivity (Wildman–Crippen MR) is 104 cm³/mol. The lowest BCUT2D eigenvalue weighted by atomic mass is 9.86. The highest BCUT2D eigenvalue weighted by molar-refractivity contribution is 6.03. The van der Waals surface area contributed by atoms with Crippen molar-refractivity contribution in [2.75, 3.05) is 6.61 Å². The van der Waals surface area contributed by atoms with Crippen LogP contribution in [0.3, 0.4) is 0 Å². The molecule has 0 spiro atoms. The molecule has 0 saturated carbocycles. The van der Waals surface area contributed by atoms with E-state index in [0.717, 1.165) is 0 Å². The molecule has 0 amide bonds. The highest BCUT2D eigenvalue weighted by Gasteiger charge is 2.41. The van der Waals surface area contributed by atoms with E-state index in [9.17, 15) is 25.0 Å². The number of non-ortho nitro benzene ring substituents is 1. The molecule has 1 aliphatic rings. The van der Waals surface area contributed by atoms with Crippen LogP contribution < -0.4 is 9.47 Å². The molecular formula is C20H20N2O7. The lowest BCUT2D eigenvalue weighted by Crippen LogP contribution is -2.45. The number of benzene rings is 2. The van der Waals surface area contributed by atoms with Crippen molar-refractivity contribution in [3.8, 4) is 11.5 Å². The number of hydrogen-bond donors (Lipinski definition) is 0. The Morgan fingerprint density at radius 2 is 1.79 bits per heavy atom. The van der Waals surface area contributed by atoms with Gasteiger partial charge in [-0.05, 0) is 33.8 Å². The topological polar surface area (TPSA) is 122 Å². The summed E-state index contributed by atoms with van der Waals surface area (Å²) >= 11 is 0. The van der Waals surface area contributed by atoms with Gasteiger partial charge in [-0.1, -0.05) is 6.07 Å². The molecule has 0 aromatic heterocycles. The molecule has 9 heteroatoms. The largest absolute Gasteiger partial charge is 0.489 e. The average molecular weight is 400 g/mol. The van der Waals surface area contributed by atoms with Crippen LogP contribution in [0, 0.1) is 41.0 Å². The summed E-state index contributed by atoms with van der Waals surface area (Å²) in [5.74, 6) is 0.349. The van der Waals surface area contributed by atoms with Crippen LogP contribution in [0.1, 0.15) is 40.4 Å². The summed E-state index contributed by atoms with van der Waals surface area (Å²) in [6, 6.07) is 5.74. The standard InChI is InChI=1S/C20H20N2O7/c1-11-12(2)19-17(13(3)18(11)22(26)27)16(23)9-20(4,29-19)10-28-15-7-5-6-14(8-15)21(24)25/h5-8H,9-10H2,1-4H3. The van der Waals surface area contributed by atoms with Gasteiger partial charge in [0.2, 0.25) is 0 Å². The fourth-order valence-electron chi connectivity index (χ4n) is 3.56. The Kier molecular flexibility index (Phi) is 5.00. The molecule has 0 N–H and O–H groups in total. The smallest absolute Gasteiger partial charge is 0.276 e. The van der Waals surface area contributed by atoms with E-state index in [1.54, 1.807) is 33.8 Å². The number of rotatable bonds is 5. The molecule has 29 heavy (non-hydrogen) atoms. The first-order valence-corrected chi connectivity index (χ1v) is 8.91. The van der Waals surface area contributed by atoms with Crippen molar-refractivity contribution in [2.24, 2.45) is 0 Å². The molecule has 3 rings (SSSR count). The van der Waals surface area contributed by atoms with Crippen LogP contribution in [0.5, 0.6) is 11.5 Å². The molecular weight excluding hydrogens is 380 g/mol. The predicted octanol–water partition coefficient (Wildman–Crippen LogP) is 4.23. The monoisotopic (exact) mass is 400 g/mol. The lowest BCUT2D eigenvalue weighted by Gasteiger charge is -2.36. The molecule has 1 heterocycles. The molecule has 0 aliphatic carbocycles. The van der Waals surface area contributed by atoms with Crippen LogP contribution in [0.4, 0.5) is 11.4 Å². The molecule has 2 aromatic rings. The van der Waals surface area contributed by atoms with Crippen LogP contribution >= 0.6 is 0 Å². The molecule has 0 bridgehead atoms. The Labute approximate surface area is 166 Å². The fraction of sp³-hybridized carbons (Fsp3) is 0.350. The second kappa shape index (κ2) is 7.16. The highest BCUT2D eigenvalue weighted by atomic mass is 16.6. The third-order valence-electron chi connectivity index (χ3n) is 5.13. The molecule has 1 unspecified atom stereocenters. The summed E-state index contributed by atoms with van der Waals surface area (Å²) in [7, 11) is 0.